The predicted molar refractivity (Wildman–Crippen MR) is 91.7 cm³/mol. The fourth-order valence-electron chi connectivity index (χ4n) is 4.02. The lowest BCUT2D eigenvalue weighted by atomic mass is 9.91. The molecule has 134 valence electrons. The van der Waals surface area contributed by atoms with E-state index in [-0.39, 0.29) is 18.7 Å². The molecule has 2 fully saturated rings. The summed E-state index contributed by atoms with van der Waals surface area (Å²) in [5.41, 5.74) is 3.02. The van der Waals surface area contributed by atoms with Crippen molar-refractivity contribution in [3.8, 4) is 0 Å². The number of ether oxygens (including phenoxy) is 1. The third-order valence-electron chi connectivity index (χ3n) is 5.37. The normalized spacial score (nSPS) is 27.1. The Labute approximate surface area is 145 Å². The molecular formula is C18H23N3O4. The van der Waals surface area contributed by atoms with Gasteiger partial charge in [0.15, 0.2) is 6.23 Å². The summed E-state index contributed by atoms with van der Waals surface area (Å²) >= 11 is 0. The smallest absolute Gasteiger partial charge is 0.407 e. The minimum atomic E-state index is -0.985. The van der Waals surface area contributed by atoms with Crippen molar-refractivity contribution in [1.29, 1.82) is 0 Å². The maximum absolute atomic E-state index is 11.2. The molecule has 2 aliphatic rings. The van der Waals surface area contributed by atoms with Crippen LogP contribution in [0, 0.1) is 6.92 Å². The summed E-state index contributed by atoms with van der Waals surface area (Å²) in [6.45, 7) is 3.22. The zero-order valence-corrected chi connectivity index (χ0v) is 14.3. The number of aromatic nitrogens is 2. The molecule has 2 aromatic rings. The summed E-state index contributed by atoms with van der Waals surface area (Å²) in [5, 5.41) is 25.1. The topological polar surface area (TPSA) is 87.8 Å². The van der Waals surface area contributed by atoms with Crippen molar-refractivity contribution in [3.63, 3.8) is 0 Å². The van der Waals surface area contributed by atoms with Crippen LogP contribution in [-0.2, 0) is 4.74 Å². The van der Waals surface area contributed by atoms with Crippen LogP contribution in [0.15, 0.2) is 18.3 Å². The Morgan fingerprint density at radius 2 is 2.16 bits per heavy atom. The lowest BCUT2D eigenvalue weighted by molar-refractivity contribution is -0.0366. The molecule has 7 heteroatoms. The average Bonchev–Trinajstić information content (AvgIpc) is 3.18. The number of benzene rings is 1. The van der Waals surface area contributed by atoms with Crippen LogP contribution in [0.25, 0.3) is 10.9 Å². The molecule has 2 N–H and O–H groups in total. The molecule has 2 aliphatic heterocycles. The Bertz CT molecular complexity index is 797. The van der Waals surface area contributed by atoms with Crippen molar-refractivity contribution in [2.24, 2.45) is 0 Å². The molecule has 3 heterocycles. The lowest BCUT2D eigenvalue weighted by Gasteiger charge is -2.24. The summed E-state index contributed by atoms with van der Waals surface area (Å²) in [6.07, 6.45) is 3.28. The van der Waals surface area contributed by atoms with E-state index in [1.54, 1.807) is 0 Å². The number of likely N-dealkylation sites (tertiary alicyclic amines) is 1. The van der Waals surface area contributed by atoms with Gasteiger partial charge in [0, 0.05) is 24.5 Å². The monoisotopic (exact) mass is 345 g/mol. The molecule has 25 heavy (non-hydrogen) atoms. The van der Waals surface area contributed by atoms with Crippen molar-refractivity contribution < 1.29 is 19.7 Å². The third-order valence-corrected chi connectivity index (χ3v) is 5.37. The molecule has 1 amide bonds. The summed E-state index contributed by atoms with van der Waals surface area (Å²) in [7, 11) is 0. The van der Waals surface area contributed by atoms with Crippen molar-refractivity contribution >= 4 is 17.0 Å². The molecule has 3 atom stereocenters. The number of aryl methyl sites for hydroxylation is 1. The number of β-amino-alcohol motifs (C(OH)–C–C–N with tert-alkyl or cyclic N) is 1. The molecule has 2 saturated heterocycles. The van der Waals surface area contributed by atoms with E-state index < -0.39 is 12.2 Å². The summed E-state index contributed by atoms with van der Waals surface area (Å²) < 4.78 is 7.79. The van der Waals surface area contributed by atoms with Gasteiger partial charge in [0.1, 0.15) is 0 Å². The fraction of sp³-hybridized carbons (Fsp3) is 0.556. The Hall–Kier alpha value is -2.12. The standard InChI is InChI=1S/C18H23N3O4/c1-11-6-12-8-19-21(17-4-2-3-5-25-17)15(12)7-13(11)14-9-20(18(23)24)10-16(14)22/h6-8,14,16-17,22H,2-5,9-10H2,1H3,(H,23,24). The van der Waals surface area contributed by atoms with Crippen LogP contribution in [-0.4, -0.2) is 56.8 Å². The first-order valence-corrected chi connectivity index (χ1v) is 8.80. The van der Waals surface area contributed by atoms with Crippen LogP contribution < -0.4 is 0 Å². The molecule has 7 nitrogen and oxygen atoms in total. The number of hydrogen-bond donors (Lipinski definition) is 2. The van der Waals surface area contributed by atoms with Gasteiger partial charge in [-0.2, -0.15) is 5.10 Å². The van der Waals surface area contributed by atoms with Gasteiger partial charge in [-0.3, -0.25) is 0 Å². The van der Waals surface area contributed by atoms with Crippen LogP contribution in [0.4, 0.5) is 4.79 Å². The molecule has 0 aliphatic carbocycles. The number of hydrogen-bond acceptors (Lipinski definition) is 4. The quantitative estimate of drug-likeness (QED) is 0.873. The molecular weight excluding hydrogens is 322 g/mol. The number of aliphatic hydroxyl groups excluding tert-OH is 1. The van der Waals surface area contributed by atoms with Crippen LogP contribution in [0.1, 0.15) is 42.5 Å². The average molecular weight is 345 g/mol. The molecule has 0 radical (unpaired) electrons. The Balaban J connectivity index is 1.72. The first kappa shape index (κ1) is 16.4. The lowest BCUT2D eigenvalue weighted by Crippen LogP contribution is -2.27. The van der Waals surface area contributed by atoms with Crippen molar-refractivity contribution in [2.45, 2.75) is 44.4 Å². The number of amides is 1. The van der Waals surface area contributed by atoms with Crippen molar-refractivity contribution in [1.82, 2.24) is 14.7 Å². The number of carbonyl (C=O) groups is 1. The summed E-state index contributed by atoms with van der Waals surface area (Å²) in [6, 6.07) is 4.11. The van der Waals surface area contributed by atoms with Gasteiger partial charge in [-0.15, -0.1) is 0 Å². The molecule has 0 spiro atoms. The van der Waals surface area contributed by atoms with Gasteiger partial charge in [-0.1, -0.05) is 0 Å². The van der Waals surface area contributed by atoms with E-state index in [2.05, 4.69) is 17.2 Å². The maximum atomic E-state index is 11.2. The van der Waals surface area contributed by atoms with Gasteiger partial charge in [-0.25, -0.2) is 9.48 Å². The van der Waals surface area contributed by atoms with E-state index in [1.807, 2.05) is 17.8 Å². The molecule has 1 aromatic heterocycles. The van der Waals surface area contributed by atoms with E-state index in [4.69, 9.17) is 4.74 Å². The number of nitrogens with zero attached hydrogens (tertiary/aromatic N) is 3. The Morgan fingerprint density at radius 1 is 1.32 bits per heavy atom. The third kappa shape index (κ3) is 2.87. The van der Waals surface area contributed by atoms with Crippen LogP contribution in [0.5, 0.6) is 0 Å². The largest absolute Gasteiger partial charge is 0.465 e. The van der Waals surface area contributed by atoms with E-state index in [0.29, 0.717) is 6.54 Å². The van der Waals surface area contributed by atoms with E-state index >= 15 is 0 Å². The van der Waals surface area contributed by atoms with Gasteiger partial charge >= 0.3 is 6.09 Å². The van der Waals surface area contributed by atoms with E-state index in [9.17, 15) is 15.0 Å². The SMILES string of the molecule is Cc1cc2cnn(C3CCCCO3)c2cc1C1CN(C(=O)O)CC1O. The van der Waals surface area contributed by atoms with E-state index in [0.717, 1.165) is 47.9 Å². The highest BCUT2D eigenvalue weighted by atomic mass is 16.5. The highest BCUT2D eigenvalue weighted by molar-refractivity contribution is 5.81. The van der Waals surface area contributed by atoms with E-state index in [1.165, 1.54) is 4.90 Å². The first-order valence-electron chi connectivity index (χ1n) is 8.80. The number of aliphatic hydroxyl groups is 1. The molecule has 1 aromatic carbocycles. The second-order valence-corrected chi connectivity index (χ2v) is 7.04. The number of fused-ring (bicyclic) bond motifs is 1. The van der Waals surface area contributed by atoms with Crippen LogP contribution in [0.3, 0.4) is 0 Å². The predicted octanol–water partition coefficient (Wildman–Crippen LogP) is 2.48. The molecule has 3 unspecified atom stereocenters. The number of carboxylic acid groups (broad SMARTS) is 1. The van der Waals surface area contributed by atoms with Gasteiger partial charge < -0.3 is 19.8 Å². The Kier molecular flexibility index (Phi) is 4.13. The first-order chi connectivity index (χ1) is 12.0. The fourth-order valence-corrected chi connectivity index (χ4v) is 4.02. The highest BCUT2D eigenvalue weighted by Crippen LogP contribution is 2.34. The highest BCUT2D eigenvalue weighted by Gasteiger charge is 2.36. The van der Waals surface area contributed by atoms with Gasteiger partial charge in [0.05, 0.1) is 24.4 Å². The van der Waals surface area contributed by atoms with Crippen LogP contribution >= 0.6 is 0 Å². The van der Waals surface area contributed by atoms with Gasteiger partial charge in [0.25, 0.3) is 0 Å². The second kappa shape index (κ2) is 6.31. The molecule has 0 bridgehead atoms. The zero-order chi connectivity index (χ0) is 17.6. The summed E-state index contributed by atoms with van der Waals surface area (Å²) in [4.78, 5) is 12.5. The second-order valence-electron chi connectivity index (χ2n) is 7.04. The zero-order valence-electron chi connectivity index (χ0n) is 14.3. The maximum Gasteiger partial charge on any atom is 0.407 e. The molecule has 4 rings (SSSR count). The van der Waals surface area contributed by atoms with Crippen molar-refractivity contribution in [2.75, 3.05) is 19.7 Å². The minimum Gasteiger partial charge on any atom is -0.465 e. The van der Waals surface area contributed by atoms with Crippen LogP contribution in [0.2, 0.25) is 0 Å². The minimum absolute atomic E-state index is 0.0502. The van der Waals surface area contributed by atoms with Crippen molar-refractivity contribution in [3.05, 3.63) is 29.5 Å². The molecule has 0 saturated carbocycles. The number of rotatable bonds is 2. The van der Waals surface area contributed by atoms with Gasteiger partial charge in [-0.05, 0) is 49.4 Å². The van der Waals surface area contributed by atoms with Gasteiger partial charge in [0.2, 0.25) is 0 Å². The summed E-state index contributed by atoms with van der Waals surface area (Å²) in [5.74, 6) is -0.212. The Morgan fingerprint density at radius 3 is 2.84 bits per heavy atom.